The molecule has 1 atom stereocenters. The number of carboxylic acids is 1. The molecule has 1 fully saturated rings. The van der Waals surface area contributed by atoms with E-state index in [1.54, 1.807) is 30.3 Å². The molecule has 148 valence electrons. The van der Waals surface area contributed by atoms with Gasteiger partial charge in [-0.25, -0.2) is 4.79 Å². The molecule has 0 radical (unpaired) electrons. The smallest absolute Gasteiger partial charge is 0.335 e. The zero-order valence-corrected chi connectivity index (χ0v) is 15.8. The first kappa shape index (κ1) is 18.7. The average molecular weight is 390 g/mol. The number of aromatic hydroxyl groups is 1. The molecule has 1 aliphatic rings. The van der Waals surface area contributed by atoms with Gasteiger partial charge in [0, 0.05) is 24.6 Å². The Morgan fingerprint density at radius 2 is 1.86 bits per heavy atom. The SMILES string of the molecule is Nc1nnc(-c2ccccc2O)cc1N1CCC[C@H](c2ccc(C(=O)O)cc2)C1. The van der Waals surface area contributed by atoms with Gasteiger partial charge >= 0.3 is 5.97 Å². The molecule has 3 aromatic rings. The van der Waals surface area contributed by atoms with Gasteiger partial charge in [-0.2, -0.15) is 0 Å². The number of hydrogen-bond donors (Lipinski definition) is 3. The summed E-state index contributed by atoms with van der Waals surface area (Å²) in [4.78, 5) is 13.3. The molecule has 0 unspecified atom stereocenters. The van der Waals surface area contributed by atoms with Crippen molar-refractivity contribution < 1.29 is 15.0 Å². The standard InChI is InChI=1S/C22H22N4O3/c23-21-19(12-18(24-25-21)17-5-1-2-6-20(17)27)26-11-3-4-16(13-26)14-7-9-15(10-8-14)22(28)29/h1-2,5-10,12,16,27H,3-4,11,13H2,(H2,23,25)(H,28,29)/t16-/m0/s1. The van der Waals surface area contributed by atoms with E-state index < -0.39 is 5.97 Å². The molecule has 0 saturated carbocycles. The summed E-state index contributed by atoms with van der Waals surface area (Å²) in [5.74, 6) is -0.152. The van der Waals surface area contributed by atoms with Crippen molar-refractivity contribution in [2.45, 2.75) is 18.8 Å². The minimum absolute atomic E-state index is 0.146. The van der Waals surface area contributed by atoms with Crippen molar-refractivity contribution in [2.75, 3.05) is 23.7 Å². The maximum atomic E-state index is 11.1. The second kappa shape index (κ2) is 7.79. The Morgan fingerprint density at radius 1 is 1.10 bits per heavy atom. The van der Waals surface area contributed by atoms with Crippen molar-refractivity contribution in [1.29, 1.82) is 0 Å². The topological polar surface area (TPSA) is 113 Å². The third-order valence-corrected chi connectivity index (χ3v) is 5.37. The van der Waals surface area contributed by atoms with Crippen LogP contribution in [0.3, 0.4) is 0 Å². The lowest BCUT2D eigenvalue weighted by molar-refractivity contribution is 0.0697. The number of hydrogen-bond acceptors (Lipinski definition) is 6. The molecule has 1 saturated heterocycles. The van der Waals surface area contributed by atoms with Crippen LogP contribution in [0.5, 0.6) is 5.75 Å². The van der Waals surface area contributed by atoms with Crippen LogP contribution in [-0.2, 0) is 0 Å². The van der Waals surface area contributed by atoms with E-state index in [1.807, 2.05) is 24.3 Å². The maximum absolute atomic E-state index is 11.1. The third kappa shape index (κ3) is 3.85. The van der Waals surface area contributed by atoms with Crippen LogP contribution in [0, 0.1) is 0 Å². The Balaban J connectivity index is 1.60. The summed E-state index contributed by atoms with van der Waals surface area (Å²) in [6.45, 7) is 1.60. The highest BCUT2D eigenvalue weighted by molar-refractivity contribution is 5.87. The van der Waals surface area contributed by atoms with Gasteiger partial charge in [-0.15, -0.1) is 10.2 Å². The molecule has 2 heterocycles. The third-order valence-electron chi connectivity index (χ3n) is 5.37. The number of nitrogen functional groups attached to an aromatic ring is 1. The predicted molar refractivity (Wildman–Crippen MR) is 111 cm³/mol. The summed E-state index contributed by atoms with van der Waals surface area (Å²) in [6, 6.07) is 15.9. The van der Waals surface area contributed by atoms with E-state index in [1.165, 1.54) is 0 Å². The Morgan fingerprint density at radius 3 is 2.59 bits per heavy atom. The van der Waals surface area contributed by atoms with Crippen molar-refractivity contribution in [3.63, 3.8) is 0 Å². The van der Waals surface area contributed by atoms with Gasteiger partial charge in [-0.3, -0.25) is 0 Å². The molecule has 1 aromatic heterocycles. The van der Waals surface area contributed by atoms with Gasteiger partial charge in [0.25, 0.3) is 0 Å². The molecule has 0 amide bonds. The number of phenolic OH excluding ortho intramolecular Hbond substituents is 1. The van der Waals surface area contributed by atoms with Gasteiger partial charge < -0.3 is 20.8 Å². The fourth-order valence-electron chi connectivity index (χ4n) is 3.83. The Kier molecular flexibility index (Phi) is 5.03. The summed E-state index contributed by atoms with van der Waals surface area (Å²) >= 11 is 0. The number of anilines is 2. The number of rotatable bonds is 4. The van der Waals surface area contributed by atoms with Crippen molar-refractivity contribution in [1.82, 2.24) is 10.2 Å². The molecule has 29 heavy (non-hydrogen) atoms. The molecule has 2 aromatic carbocycles. The minimum atomic E-state index is -0.922. The Labute approximate surface area is 168 Å². The largest absolute Gasteiger partial charge is 0.507 e. The number of nitrogens with zero attached hydrogens (tertiary/aromatic N) is 3. The van der Waals surface area contributed by atoms with E-state index in [-0.39, 0.29) is 17.2 Å². The number of benzene rings is 2. The molecule has 4 N–H and O–H groups in total. The number of aromatic carboxylic acids is 1. The highest BCUT2D eigenvalue weighted by Crippen LogP contribution is 2.35. The van der Waals surface area contributed by atoms with E-state index in [0.29, 0.717) is 17.1 Å². The van der Waals surface area contributed by atoms with E-state index in [0.717, 1.165) is 37.2 Å². The number of para-hydroxylation sites is 1. The van der Waals surface area contributed by atoms with Crippen LogP contribution in [0.4, 0.5) is 11.5 Å². The van der Waals surface area contributed by atoms with Gasteiger partial charge in [0.15, 0.2) is 5.82 Å². The second-order valence-electron chi connectivity index (χ2n) is 7.23. The van der Waals surface area contributed by atoms with Gasteiger partial charge in [-0.05, 0) is 48.7 Å². The Hall–Kier alpha value is -3.61. The predicted octanol–water partition coefficient (Wildman–Crippen LogP) is 3.51. The monoisotopic (exact) mass is 390 g/mol. The van der Waals surface area contributed by atoms with Crippen LogP contribution in [-0.4, -0.2) is 39.5 Å². The van der Waals surface area contributed by atoms with Crippen LogP contribution in [0.1, 0.15) is 34.7 Å². The maximum Gasteiger partial charge on any atom is 0.335 e. The van der Waals surface area contributed by atoms with E-state index in [9.17, 15) is 9.90 Å². The number of carboxylic acid groups (broad SMARTS) is 1. The quantitative estimate of drug-likeness (QED) is 0.625. The Bertz CT molecular complexity index is 1040. The number of nitrogens with two attached hydrogens (primary N) is 1. The van der Waals surface area contributed by atoms with Crippen molar-refractivity contribution >= 4 is 17.5 Å². The zero-order valence-electron chi connectivity index (χ0n) is 15.8. The molecule has 0 aliphatic carbocycles. The van der Waals surface area contributed by atoms with Gasteiger partial charge in [-0.1, -0.05) is 24.3 Å². The molecule has 0 spiro atoms. The molecular formula is C22H22N4O3. The van der Waals surface area contributed by atoms with Gasteiger partial charge in [0.2, 0.25) is 0 Å². The first-order valence-corrected chi connectivity index (χ1v) is 9.52. The van der Waals surface area contributed by atoms with Crippen molar-refractivity contribution in [2.24, 2.45) is 0 Å². The number of piperidine rings is 1. The molecule has 1 aliphatic heterocycles. The first-order chi connectivity index (χ1) is 14.0. The van der Waals surface area contributed by atoms with Gasteiger partial charge in [0.1, 0.15) is 5.75 Å². The summed E-state index contributed by atoms with van der Waals surface area (Å²) in [5, 5.41) is 27.5. The summed E-state index contributed by atoms with van der Waals surface area (Å²) in [6.07, 6.45) is 2.01. The molecule has 0 bridgehead atoms. The molecule has 7 heteroatoms. The van der Waals surface area contributed by atoms with E-state index in [2.05, 4.69) is 15.1 Å². The molecule has 4 rings (SSSR count). The van der Waals surface area contributed by atoms with E-state index >= 15 is 0 Å². The second-order valence-corrected chi connectivity index (χ2v) is 7.23. The highest BCUT2D eigenvalue weighted by Gasteiger charge is 2.24. The van der Waals surface area contributed by atoms with Gasteiger partial charge in [0.05, 0.1) is 16.9 Å². The lowest BCUT2D eigenvalue weighted by Gasteiger charge is -2.35. The number of aromatic nitrogens is 2. The van der Waals surface area contributed by atoms with Crippen LogP contribution in [0.2, 0.25) is 0 Å². The molecule has 7 nitrogen and oxygen atoms in total. The lowest BCUT2D eigenvalue weighted by Crippen LogP contribution is -2.35. The van der Waals surface area contributed by atoms with E-state index in [4.69, 9.17) is 10.8 Å². The van der Waals surface area contributed by atoms with Crippen molar-refractivity contribution in [3.8, 4) is 17.0 Å². The summed E-state index contributed by atoms with van der Waals surface area (Å²) in [7, 11) is 0. The molecular weight excluding hydrogens is 368 g/mol. The van der Waals surface area contributed by atoms with Crippen LogP contribution in [0.15, 0.2) is 54.6 Å². The van der Waals surface area contributed by atoms with Crippen LogP contribution < -0.4 is 10.6 Å². The normalized spacial score (nSPS) is 16.6. The fourth-order valence-corrected chi connectivity index (χ4v) is 3.83. The minimum Gasteiger partial charge on any atom is -0.507 e. The lowest BCUT2D eigenvalue weighted by atomic mass is 9.90. The summed E-state index contributed by atoms with van der Waals surface area (Å²) in [5.41, 5.74) is 9.51. The fraction of sp³-hybridized carbons (Fsp3) is 0.227. The zero-order chi connectivity index (χ0) is 20.4. The van der Waals surface area contributed by atoms with Crippen LogP contribution >= 0.6 is 0 Å². The number of carbonyl (C=O) groups is 1. The highest BCUT2D eigenvalue weighted by atomic mass is 16.4. The number of phenols is 1. The first-order valence-electron chi connectivity index (χ1n) is 9.52. The summed E-state index contributed by atoms with van der Waals surface area (Å²) < 4.78 is 0. The average Bonchev–Trinajstić information content (AvgIpc) is 2.75. The van der Waals surface area contributed by atoms with Crippen molar-refractivity contribution in [3.05, 3.63) is 65.7 Å². The van der Waals surface area contributed by atoms with Crippen LogP contribution in [0.25, 0.3) is 11.3 Å².